The maximum atomic E-state index is 12.9. The Bertz CT molecular complexity index is 581. The molecule has 0 fully saturated rings. The van der Waals surface area contributed by atoms with E-state index < -0.39 is 6.04 Å². The van der Waals surface area contributed by atoms with Gasteiger partial charge in [-0.15, -0.1) is 0 Å². The lowest BCUT2D eigenvalue weighted by atomic mass is 9.96. The van der Waals surface area contributed by atoms with Gasteiger partial charge in [-0.1, -0.05) is 6.07 Å². The predicted molar refractivity (Wildman–Crippen MR) is 72.7 cm³/mol. The fraction of sp³-hybridized carbons (Fsp3) is 0.267. The number of aromatic nitrogens is 1. The van der Waals surface area contributed by atoms with E-state index in [1.807, 2.05) is 26.0 Å². The smallest absolute Gasteiger partial charge is 0.141 e. The number of halogens is 1. The quantitative estimate of drug-likeness (QED) is 0.923. The largest absolute Gasteiger partial charge is 0.496 e. The fourth-order valence-corrected chi connectivity index (χ4v) is 2.23. The zero-order chi connectivity index (χ0) is 14.0. The molecule has 1 aromatic carbocycles. The second kappa shape index (κ2) is 5.36. The number of hydrogen-bond acceptors (Lipinski definition) is 3. The van der Waals surface area contributed by atoms with Crippen LogP contribution in [-0.4, -0.2) is 12.1 Å². The van der Waals surface area contributed by atoms with E-state index in [0.717, 1.165) is 22.4 Å². The molecule has 2 rings (SSSR count). The normalized spacial score (nSPS) is 12.3. The summed E-state index contributed by atoms with van der Waals surface area (Å²) in [5.41, 5.74) is 9.87. The Balaban J connectivity index is 2.49. The van der Waals surface area contributed by atoms with E-state index in [0.29, 0.717) is 5.69 Å². The van der Waals surface area contributed by atoms with Crippen molar-refractivity contribution in [2.75, 3.05) is 7.11 Å². The number of hydrogen-bond donors (Lipinski definition) is 1. The van der Waals surface area contributed by atoms with Crippen LogP contribution in [0, 0.1) is 19.7 Å². The van der Waals surface area contributed by atoms with Gasteiger partial charge in [0.15, 0.2) is 0 Å². The summed E-state index contributed by atoms with van der Waals surface area (Å²) in [6.07, 6.45) is 1.17. The molecule has 4 heteroatoms. The van der Waals surface area contributed by atoms with Crippen LogP contribution >= 0.6 is 0 Å². The zero-order valence-corrected chi connectivity index (χ0v) is 11.3. The third-order valence-electron chi connectivity index (χ3n) is 3.09. The Kier molecular flexibility index (Phi) is 3.81. The van der Waals surface area contributed by atoms with Crippen LogP contribution < -0.4 is 10.5 Å². The second-order valence-electron chi connectivity index (χ2n) is 4.58. The van der Waals surface area contributed by atoms with Crippen molar-refractivity contribution in [2.24, 2.45) is 5.73 Å². The van der Waals surface area contributed by atoms with Crippen LogP contribution in [0.2, 0.25) is 0 Å². The van der Waals surface area contributed by atoms with Crippen molar-refractivity contribution in [1.82, 2.24) is 4.98 Å². The van der Waals surface area contributed by atoms with E-state index in [1.165, 1.54) is 12.3 Å². The van der Waals surface area contributed by atoms with Crippen molar-refractivity contribution in [3.8, 4) is 5.75 Å². The number of pyridine rings is 1. The second-order valence-corrected chi connectivity index (χ2v) is 4.58. The highest BCUT2D eigenvalue weighted by atomic mass is 19.1. The summed E-state index contributed by atoms with van der Waals surface area (Å²) in [5, 5.41) is 0. The molecule has 0 aliphatic heterocycles. The molecule has 1 aromatic heterocycles. The van der Waals surface area contributed by atoms with Crippen LogP contribution in [0.25, 0.3) is 0 Å². The number of benzene rings is 1. The molecular weight excluding hydrogens is 243 g/mol. The van der Waals surface area contributed by atoms with Gasteiger partial charge in [0.2, 0.25) is 0 Å². The van der Waals surface area contributed by atoms with Crippen molar-refractivity contribution in [3.63, 3.8) is 0 Å². The summed E-state index contributed by atoms with van der Waals surface area (Å²) in [6.45, 7) is 3.98. The summed E-state index contributed by atoms with van der Waals surface area (Å²) < 4.78 is 18.3. The van der Waals surface area contributed by atoms with Crippen molar-refractivity contribution >= 4 is 0 Å². The number of nitrogens with two attached hydrogens (primary N) is 1. The number of aryl methyl sites for hydroxylation is 2. The molecule has 1 heterocycles. The predicted octanol–water partition coefficient (Wildman–Crippen LogP) is 2.89. The maximum Gasteiger partial charge on any atom is 0.141 e. The van der Waals surface area contributed by atoms with Gasteiger partial charge in [-0.3, -0.25) is 4.98 Å². The molecule has 0 amide bonds. The highest BCUT2D eigenvalue weighted by Crippen LogP contribution is 2.31. The van der Waals surface area contributed by atoms with Gasteiger partial charge >= 0.3 is 0 Å². The highest BCUT2D eigenvalue weighted by Gasteiger charge is 2.18. The molecule has 100 valence electrons. The Morgan fingerprint density at radius 3 is 2.58 bits per heavy atom. The van der Waals surface area contributed by atoms with Crippen LogP contribution in [0.3, 0.4) is 0 Å². The molecule has 0 bridgehead atoms. The first kappa shape index (κ1) is 13.5. The summed E-state index contributed by atoms with van der Waals surface area (Å²) >= 11 is 0. The molecule has 0 saturated heterocycles. The summed E-state index contributed by atoms with van der Waals surface area (Å²) in [4.78, 5) is 4.04. The fourth-order valence-electron chi connectivity index (χ4n) is 2.23. The molecule has 3 nitrogen and oxygen atoms in total. The van der Waals surface area contributed by atoms with E-state index in [1.54, 1.807) is 13.2 Å². The van der Waals surface area contributed by atoms with Crippen LogP contribution in [0.1, 0.15) is 28.4 Å². The van der Waals surface area contributed by atoms with E-state index >= 15 is 0 Å². The number of rotatable bonds is 3. The first-order valence-electron chi connectivity index (χ1n) is 6.05. The standard InChI is InChI=1S/C15H17FN2O/c1-9-6-10(2)14(13(7-9)19-3)15(17)12-5-4-11(16)8-18-12/h4-8,15H,17H2,1-3H3. The topological polar surface area (TPSA) is 48.1 Å². The molecule has 1 unspecified atom stereocenters. The molecule has 0 aliphatic rings. The van der Waals surface area contributed by atoms with Gasteiger partial charge in [-0.05, 0) is 43.2 Å². The van der Waals surface area contributed by atoms with Crippen molar-refractivity contribution in [2.45, 2.75) is 19.9 Å². The minimum atomic E-state index is -0.434. The van der Waals surface area contributed by atoms with Crippen LogP contribution in [0.15, 0.2) is 30.5 Å². The lowest BCUT2D eigenvalue weighted by Crippen LogP contribution is -2.16. The minimum absolute atomic E-state index is 0.372. The van der Waals surface area contributed by atoms with E-state index in [4.69, 9.17) is 10.5 Å². The molecule has 2 aromatic rings. The average Bonchev–Trinajstić information content (AvgIpc) is 2.38. The van der Waals surface area contributed by atoms with Gasteiger partial charge in [0.05, 0.1) is 25.0 Å². The SMILES string of the molecule is COc1cc(C)cc(C)c1C(N)c1ccc(F)cn1. The monoisotopic (exact) mass is 260 g/mol. The Hall–Kier alpha value is -1.94. The molecule has 2 N–H and O–H groups in total. The first-order valence-corrected chi connectivity index (χ1v) is 6.05. The lowest BCUT2D eigenvalue weighted by molar-refractivity contribution is 0.406. The van der Waals surface area contributed by atoms with Gasteiger partial charge < -0.3 is 10.5 Å². The third-order valence-corrected chi connectivity index (χ3v) is 3.09. The minimum Gasteiger partial charge on any atom is -0.496 e. The lowest BCUT2D eigenvalue weighted by Gasteiger charge is -2.18. The van der Waals surface area contributed by atoms with Gasteiger partial charge in [0.25, 0.3) is 0 Å². The van der Waals surface area contributed by atoms with Crippen molar-refractivity contribution in [1.29, 1.82) is 0 Å². The van der Waals surface area contributed by atoms with Gasteiger partial charge in [-0.25, -0.2) is 4.39 Å². The first-order chi connectivity index (χ1) is 9.02. The van der Waals surface area contributed by atoms with Crippen LogP contribution in [-0.2, 0) is 0 Å². The molecule has 19 heavy (non-hydrogen) atoms. The van der Waals surface area contributed by atoms with Gasteiger partial charge in [0.1, 0.15) is 11.6 Å². The molecule has 0 radical (unpaired) electrons. The van der Waals surface area contributed by atoms with E-state index in [2.05, 4.69) is 4.98 Å². The molecular formula is C15H17FN2O. The summed E-state index contributed by atoms with van der Waals surface area (Å²) in [7, 11) is 1.61. The molecule has 0 saturated carbocycles. The van der Waals surface area contributed by atoms with Crippen LogP contribution in [0.4, 0.5) is 4.39 Å². The number of methoxy groups -OCH3 is 1. The number of nitrogens with zero attached hydrogens (tertiary/aromatic N) is 1. The van der Waals surface area contributed by atoms with Gasteiger partial charge in [0, 0.05) is 5.56 Å². The molecule has 0 spiro atoms. The van der Waals surface area contributed by atoms with E-state index in [-0.39, 0.29) is 5.82 Å². The maximum absolute atomic E-state index is 12.9. The summed E-state index contributed by atoms with van der Waals surface area (Å²) in [6, 6.07) is 6.50. The Labute approximate surface area is 112 Å². The van der Waals surface area contributed by atoms with Gasteiger partial charge in [-0.2, -0.15) is 0 Å². The van der Waals surface area contributed by atoms with E-state index in [9.17, 15) is 4.39 Å². The summed E-state index contributed by atoms with van der Waals surface area (Å²) in [5.74, 6) is 0.361. The zero-order valence-electron chi connectivity index (χ0n) is 11.3. The van der Waals surface area contributed by atoms with Crippen molar-refractivity contribution < 1.29 is 9.13 Å². The Morgan fingerprint density at radius 1 is 1.26 bits per heavy atom. The number of ether oxygens (including phenoxy) is 1. The third kappa shape index (κ3) is 2.74. The van der Waals surface area contributed by atoms with Crippen LogP contribution in [0.5, 0.6) is 5.75 Å². The average molecular weight is 260 g/mol. The molecule has 0 aliphatic carbocycles. The molecule has 1 atom stereocenters. The van der Waals surface area contributed by atoms with Crippen molar-refractivity contribution in [3.05, 3.63) is 58.7 Å². The Morgan fingerprint density at radius 2 is 2.00 bits per heavy atom. The highest BCUT2D eigenvalue weighted by molar-refractivity contribution is 5.47.